The molecule has 4 heteroatoms. The molecule has 0 aliphatic carbocycles. The largest absolute Gasteiger partial charge is 0.356 e. The molecule has 0 fully saturated rings. The number of carbonyl (C=O) groups is 1. The van der Waals surface area contributed by atoms with Crippen LogP contribution in [0.5, 0.6) is 0 Å². The van der Waals surface area contributed by atoms with Crippen molar-refractivity contribution in [2.24, 2.45) is 5.92 Å². The minimum atomic E-state index is 0.0473. The molecule has 1 rings (SSSR count). The molecular weight excluding hydrogens is 252 g/mol. The van der Waals surface area contributed by atoms with Crippen LogP contribution in [0, 0.1) is 12.8 Å². The standard InChI is InChI=1S/C16H26N2O2/c1-4-14(5-2)16(20)17-11-6-7-12-18-13(3)9-8-10-15(18)19/h8-10,14H,4-7,11-12H2,1-3H3,(H,17,20). The summed E-state index contributed by atoms with van der Waals surface area (Å²) in [4.78, 5) is 23.5. The van der Waals surface area contributed by atoms with Crippen LogP contribution in [0.15, 0.2) is 23.0 Å². The maximum atomic E-state index is 11.8. The second-order valence-corrected chi connectivity index (χ2v) is 5.17. The number of hydrogen-bond donors (Lipinski definition) is 1. The first-order chi connectivity index (χ1) is 9.60. The molecule has 0 bridgehead atoms. The molecule has 112 valence electrons. The average molecular weight is 278 g/mol. The summed E-state index contributed by atoms with van der Waals surface area (Å²) < 4.78 is 1.78. The van der Waals surface area contributed by atoms with Crippen molar-refractivity contribution in [2.45, 2.75) is 53.0 Å². The van der Waals surface area contributed by atoms with Crippen molar-refractivity contribution in [3.63, 3.8) is 0 Å². The van der Waals surface area contributed by atoms with Crippen molar-refractivity contribution in [2.75, 3.05) is 6.54 Å². The summed E-state index contributed by atoms with van der Waals surface area (Å²) in [7, 11) is 0. The summed E-state index contributed by atoms with van der Waals surface area (Å²) in [6.45, 7) is 7.43. The van der Waals surface area contributed by atoms with Gasteiger partial charge in [0, 0.05) is 30.8 Å². The summed E-state index contributed by atoms with van der Waals surface area (Å²) >= 11 is 0. The summed E-state index contributed by atoms with van der Waals surface area (Å²) in [5.41, 5.74) is 1.03. The minimum absolute atomic E-state index is 0.0473. The maximum Gasteiger partial charge on any atom is 0.250 e. The summed E-state index contributed by atoms with van der Waals surface area (Å²) in [6.07, 6.45) is 3.57. The van der Waals surface area contributed by atoms with Crippen LogP contribution in [0.4, 0.5) is 0 Å². The van der Waals surface area contributed by atoms with E-state index in [0.717, 1.165) is 31.4 Å². The third-order valence-corrected chi connectivity index (χ3v) is 3.73. The number of amides is 1. The molecular formula is C16H26N2O2. The fraction of sp³-hybridized carbons (Fsp3) is 0.625. The zero-order valence-corrected chi connectivity index (χ0v) is 12.8. The van der Waals surface area contributed by atoms with Gasteiger partial charge in [0.15, 0.2) is 0 Å². The predicted molar refractivity (Wildman–Crippen MR) is 81.8 cm³/mol. The Labute approximate surface area is 121 Å². The lowest BCUT2D eigenvalue weighted by molar-refractivity contribution is -0.125. The third kappa shape index (κ3) is 4.83. The SMILES string of the molecule is CCC(CC)C(=O)NCCCCn1c(C)cccc1=O. The van der Waals surface area contributed by atoms with Crippen LogP contribution in [0.3, 0.4) is 0 Å². The molecule has 0 saturated carbocycles. The molecule has 0 unspecified atom stereocenters. The van der Waals surface area contributed by atoms with Crippen LogP contribution < -0.4 is 10.9 Å². The number of carbonyl (C=O) groups excluding carboxylic acids is 1. The van der Waals surface area contributed by atoms with E-state index in [9.17, 15) is 9.59 Å². The van der Waals surface area contributed by atoms with Crippen molar-refractivity contribution in [3.05, 3.63) is 34.2 Å². The zero-order valence-electron chi connectivity index (χ0n) is 12.8. The van der Waals surface area contributed by atoms with Crippen LogP contribution in [-0.4, -0.2) is 17.0 Å². The molecule has 0 aromatic carbocycles. The molecule has 0 spiro atoms. The summed E-state index contributed by atoms with van der Waals surface area (Å²) in [5, 5.41) is 2.97. The Kier molecular flexibility index (Phi) is 7.05. The highest BCUT2D eigenvalue weighted by molar-refractivity contribution is 5.78. The Morgan fingerprint density at radius 3 is 2.55 bits per heavy atom. The topological polar surface area (TPSA) is 51.1 Å². The molecule has 0 aliphatic heterocycles. The van der Waals surface area contributed by atoms with Crippen molar-refractivity contribution in [1.29, 1.82) is 0 Å². The van der Waals surface area contributed by atoms with Crippen LogP contribution in [-0.2, 0) is 11.3 Å². The van der Waals surface area contributed by atoms with E-state index in [1.54, 1.807) is 16.7 Å². The van der Waals surface area contributed by atoms with E-state index in [1.807, 2.05) is 26.8 Å². The molecule has 1 aromatic heterocycles. The third-order valence-electron chi connectivity index (χ3n) is 3.73. The van der Waals surface area contributed by atoms with Crippen molar-refractivity contribution >= 4 is 5.91 Å². The molecule has 1 N–H and O–H groups in total. The number of unbranched alkanes of at least 4 members (excludes halogenated alkanes) is 1. The van der Waals surface area contributed by atoms with Crippen molar-refractivity contribution in [1.82, 2.24) is 9.88 Å². The molecule has 0 aliphatic rings. The lowest BCUT2D eigenvalue weighted by atomic mass is 10.0. The van der Waals surface area contributed by atoms with Crippen LogP contribution >= 0.6 is 0 Å². The Morgan fingerprint density at radius 2 is 1.95 bits per heavy atom. The van der Waals surface area contributed by atoms with Crippen molar-refractivity contribution < 1.29 is 4.79 Å². The lowest BCUT2D eigenvalue weighted by Crippen LogP contribution is -2.31. The van der Waals surface area contributed by atoms with Crippen LogP contribution in [0.2, 0.25) is 0 Å². The second kappa shape index (κ2) is 8.56. The number of nitrogens with zero attached hydrogens (tertiary/aromatic N) is 1. The van der Waals surface area contributed by atoms with Gasteiger partial charge >= 0.3 is 0 Å². The van der Waals surface area contributed by atoms with Gasteiger partial charge in [-0.25, -0.2) is 0 Å². The maximum absolute atomic E-state index is 11.8. The highest BCUT2D eigenvalue weighted by Crippen LogP contribution is 2.07. The highest BCUT2D eigenvalue weighted by atomic mass is 16.2. The van der Waals surface area contributed by atoms with Gasteiger partial charge in [0.05, 0.1) is 0 Å². The second-order valence-electron chi connectivity index (χ2n) is 5.17. The van der Waals surface area contributed by atoms with Crippen LogP contribution in [0.1, 0.15) is 45.2 Å². The average Bonchev–Trinajstić information content (AvgIpc) is 2.42. The fourth-order valence-electron chi connectivity index (χ4n) is 2.32. The molecule has 1 aromatic rings. The number of nitrogens with one attached hydrogen (secondary N) is 1. The molecule has 20 heavy (non-hydrogen) atoms. The fourth-order valence-corrected chi connectivity index (χ4v) is 2.32. The normalized spacial score (nSPS) is 10.8. The molecule has 1 amide bonds. The quantitative estimate of drug-likeness (QED) is 0.743. The van der Waals surface area contributed by atoms with Gasteiger partial charge in [-0.15, -0.1) is 0 Å². The zero-order chi connectivity index (χ0) is 15.0. The number of aromatic nitrogens is 1. The van der Waals surface area contributed by atoms with Gasteiger partial charge in [-0.2, -0.15) is 0 Å². The van der Waals surface area contributed by atoms with E-state index in [-0.39, 0.29) is 17.4 Å². The van der Waals surface area contributed by atoms with E-state index >= 15 is 0 Å². The Hall–Kier alpha value is -1.58. The van der Waals surface area contributed by atoms with Gasteiger partial charge in [0.1, 0.15) is 0 Å². The van der Waals surface area contributed by atoms with E-state index < -0.39 is 0 Å². The van der Waals surface area contributed by atoms with Gasteiger partial charge in [-0.3, -0.25) is 9.59 Å². The molecule has 0 radical (unpaired) electrons. The van der Waals surface area contributed by atoms with Gasteiger partial charge in [-0.1, -0.05) is 19.9 Å². The Morgan fingerprint density at radius 1 is 1.25 bits per heavy atom. The van der Waals surface area contributed by atoms with E-state index in [0.29, 0.717) is 13.1 Å². The lowest BCUT2D eigenvalue weighted by Gasteiger charge is -2.13. The first kappa shape index (κ1) is 16.5. The highest BCUT2D eigenvalue weighted by Gasteiger charge is 2.12. The first-order valence-corrected chi connectivity index (χ1v) is 7.54. The molecule has 0 atom stereocenters. The summed E-state index contributed by atoms with van der Waals surface area (Å²) in [6, 6.07) is 5.31. The number of hydrogen-bond acceptors (Lipinski definition) is 2. The minimum Gasteiger partial charge on any atom is -0.356 e. The van der Waals surface area contributed by atoms with Gasteiger partial charge in [0.25, 0.3) is 5.56 Å². The number of rotatable bonds is 8. The number of pyridine rings is 1. The smallest absolute Gasteiger partial charge is 0.250 e. The monoisotopic (exact) mass is 278 g/mol. The van der Waals surface area contributed by atoms with Gasteiger partial charge in [-0.05, 0) is 38.7 Å². The number of aryl methyl sites for hydroxylation is 1. The van der Waals surface area contributed by atoms with E-state index in [2.05, 4.69) is 5.32 Å². The Bertz CT molecular complexity index is 476. The van der Waals surface area contributed by atoms with E-state index in [4.69, 9.17) is 0 Å². The molecule has 1 heterocycles. The molecule has 0 saturated heterocycles. The summed E-state index contributed by atoms with van der Waals surface area (Å²) in [5.74, 6) is 0.289. The van der Waals surface area contributed by atoms with Crippen molar-refractivity contribution in [3.8, 4) is 0 Å². The first-order valence-electron chi connectivity index (χ1n) is 7.54. The Balaban J connectivity index is 2.29. The van der Waals surface area contributed by atoms with Gasteiger partial charge < -0.3 is 9.88 Å². The van der Waals surface area contributed by atoms with E-state index in [1.165, 1.54) is 0 Å². The molecule has 4 nitrogen and oxygen atoms in total. The van der Waals surface area contributed by atoms with Gasteiger partial charge in [0.2, 0.25) is 5.91 Å². The van der Waals surface area contributed by atoms with Crippen LogP contribution in [0.25, 0.3) is 0 Å². The predicted octanol–water partition coefficient (Wildman–Crippen LogP) is 2.49.